The summed E-state index contributed by atoms with van der Waals surface area (Å²) in [6.45, 7) is 9.60. The van der Waals surface area contributed by atoms with Gasteiger partial charge in [0.15, 0.2) is 0 Å². The van der Waals surface area contributed by atoms with E-state index in [-0.39, 0.29) is 0 Å². The van der Waals surface area contributed by atoms with Gasteiger partial charge in [0, 0.05) is 32.2 Å². The summed E-state index contributed by atoms with van der Waals surface area (Å²) in [5, 5.41) is 6.97. The van der Waals surface area contributed by atoms with Crippen molar-refractivity contribution < 1.29 is 4.74 Å². The second kappa shape index (κ2) is 8.25. The zero-order valence-corrected chi connectivity index (χ0v) is 13.6. The molecule has 118 valence electrons. The largest absolute Gasteiger partial charge is 0.495 e. The number of nitrogens with one attached hydrogen (secondary N) is 2. The second-order valence-electron chi connectivity index (χ2n) is 5.79. The third-order valence-electron chi connectivity index (χ3n) is 4.19. The number of hydrogen-bond donors (Lipinski definition) is 2. The van der Waals surface area contributed by atoms with Crippen LogP contribution in [0, 0.1) is 0 Å². The standard InChI is InChI=1S/C17H29N3O/c1-4-14(2)19-13-15-6-7-16(17(12-15)21-3)20-10-5-8-18-9-11-20/h6-7,12,14,18-19H,4-5,8-11,13H2,1-3H3. The van der Waals surface area contributed by atoms with Crippen LogP contribution in [0.25, 0.3) is 0 Å². The highest BCUT2D eigenvalue weighted by Crippen LogP contribution is 2.29. The Bertz CT molecular complexity index is 428. The molecule has 0 bridgehead atoms. The molecule has 4 heteroatoms. The molecule has 2 rings (SSSR count). The van der Waals surface area contributed by atoms with Crippen molar-refractivity contribution in [3.8, 4) is 5.75 Å². The molecule has 0 saturated carbocycles. The van der Waals surface area contributed by atoms with Gasteiger partial charge in [0.2, 0.25) is 0 Å². The van der Waals surface area contributed by atoms with Crippen molar-refractivity contribution in [3.63, 3.8) is 0 Å². The van der Waals surface area contributed by atoms with Crippen LogP contribution in [-0.4, -0.2) is 39.3 Å². The van der Waals surface area contributed by atoms with Crippen LogP contribution < -0.4 is 20.3 Å². The Kier molecular flexibility index (Phi) is 6.33. The maximum atomic E-state index is 5.62. The maximum absolute atomic E-state index is 5.62. The first-order valence-electron chi connectivity index (χ1n) is 8.10. The molecule has 1 aromatic carbocycles. The SMILES string of the molecule is CCC(C)NCc1ccc(N2CCCNCC2)c(OC)c1. The Balaban J connectivity index is 2.08. The third-order valence-corrected chi connectivity index (χ3v) is 4.19. The van der Waals surface area contributed by atoms with Gasteiger partial charge in [0.25, 0.3) is 0 Å². The van der Waals surface area contributed by atoms with E-state index in [1.807, 2.05) is 0 Å². The quantitative estimate of drug-likeness (QED) is 0.844. The van der Waals surface area contributed by atoms with Gasteiger partial charge >= 0.3 is 0 Å². The van der Waals surface area contributed by atoms with Crippen molar-refractivity contribution in [2.24, 2.45) is 0 Å². The first-order valence-corrected chi connectivity index (χ1v) is 8.10. The molecule has 4 nitrogen and oxygen atoms in total. The van der Waals surface area contributed by atoms with E-state index >= 15 is 0 Å². The molecule has 0 aromatic heterocycles. The molecule has 1 heterocycles. The average Bonchev–Trinajstić information content (AvgIpc) is 2.81. The van der Waals surface area contributed by atoms with E-state index < -0.39 is 0 Å². The lowest BCUT2D eigenvalue weighted by Gasteiger charge is -2.25. The second-order valence-corrected chi connectivity index (χ2v) is 5.79. The molecular weight excluding hydrogens is 262 g/mol. The fourth-order valence-corrected chi connectivity index (χ4v) is 2.62. The molecule has 0 spiro atoms. The predicted molar refractivity (Wildman–Crippen MR) is 89.3 cm³/mol. The van der Waals surface area contributed by atoms with Crippen LogP contribution in [0.5, 0.6) is 5.75 Å². The van der Waals surface area contributed by atoms with E-state index in [4.69, 9.17) is 4.74 Å². The minimum atomic E-state index is 0.548. The minimum absolute atomic E-state index is 0.548. The Labute approximate surface area is 128 Å². The van der Waals surface area contributed by atoms with E-state index in [2.05, 4.69) is 47.6 Å². The summed E-state index contributed by atoms with van der Waals surface area (Å²) in [5.41, 5.74) is 2.50. The summed E-state index contributed by atoms with van der Waals surface area (Å²) in [5.74, 6) is 0.986. The number of nitrogens with zero attached hydrogens (tertiary/aromatic N) is 1. The van der Waals surface area contributed by atoms with Gasteiger partial charge in [-0.3, -0.25) is 0 Å². The molecule has 0 amide bonds. The molecule has 1 aromatic rings. The van der Waals surface area contributed by atoms with Crippen molar-refractivity contribution >= 4 is 5.69 Å². The number of ether oxygens (including phenoxy) is 1. The van der Waals surface area contributed by atoms with Crippen LogP contribution in [0.4, 0.5) is 5.69 Å². The van der Waals surface area contributed by atoms with Crippen LogP contribution in [0.2, 0.25) is 0 Å². The van der Waals surface area contributed by atoms with Crippen molar-refractivity contribution in [3.05, 3.63) is 23.8 Å². The molecule has 0 radical (unpaired) electrons. The molecule has 1 saturated heterocycles. The molecule has 1 unspecified atom stereocenters. The molecule has 1 aliphatic heterocycles. The Morgan fingerprint density at radius 2 is 2.19 bits per heavy atom. The van der Waals surface area contributed by atoms with E-state index in [0.717, 1.165) is 44.9 Å². The van der Waals surface area contributed by atoms with Gasteiger partial charge in [-0.25, -0.2) is 0 Å². The van der Waals surface area contributed by atoms with Crippen LogP contribution in [0.1, 0.15) is 32.3 Å². The summed E-state index contributed by atoms with van der Waals surface area (Å²) in [7, 11) is 1.76. The van der Waals surface area contributed by atoms with Crippen molar-refractivity contribution in [2.75, 3.05) is 38.2 Å². The number of hydrogen-bond acceptors (Lipinski definition) is 4. The fraction of sp³-hybridized carbons (Fsp3) is 0.647. The first-order chi connectivity index (χ1) is 10.2. The minimum Gasteiger partial charge on any atom is -0.495 e. The zero-order valence-electron chi connectivity index (χ0n) is 13.6. The lowest BCUT2D eigenvalue weighted by atomic mass is 10.1. The molecule has 21 heavy (non-hydrogen) atoms. The van der Waals surface area contributed by atoms with Gasteiger partial charge in [0.1, 0.15) is 5.75 Å². The molecule has 1 fully saturated rings. The maximum Gasteiger partial charge on any atom is 0.142 e. The Hall–Kier alpha value is -1.26. The topological polar surface area (TPSA) is 36.5 Å². The summed E-state index contributed by atoms with van der Waals surface area (Å²) >= 11 is 0. The average molecular weight is 291 g/mol. The predicted octanol–water partition coefficient (Wildman–Crippen LogP) is 2.38. The van der Waals surface area contributed by atoms with Crippen LogP contribution in [0.15, 0.2) is 18.2 Å². The summed E-state index contributed by atoms with van der Waals surface area (Å²) < 4.78 is 5.62. The Morgan fingerprint density at radius 3 is 2.95 bits per heavy atom. The van der Waals surface area contributed by atoms with E-state index in [1.165, 1.54) is 17.7 Å². The normalized spacial score (nSPS) is 17.4. The lowest BCUT2D eigenvalue weighted by Crippen LogP contribution is -2.28. The van der Waals surface area contributed by atoms with Gasteiger partial charge in [0.05, 0.1) is 12.8 Å². The first kappa shape index (κ1) is 16.1. The number of anilines is 1. The summed E-state index contributed by atoms with van der Waals surface area (Å²) in [6, 6.07) is 7.14. The van der Waals surface area contributed by atoms with Gasteiger partial charge < -0.3 is 20.3 Å². The van der Waals surface area contributed by atoms with Crippen LogP contribution in [0.3, 0.4) is 0 Å². The lowest BCUT2D eigenvalue weighted by molar-refractivity contribution is 0.413. The molecule has 0 aliphatic carbocycles. The number of rotatable bonds is 6. The van der Waals surface area contributed by atoms with Crippen molar-refractivity contribution in [2.45, 2.75) is 39.3 Å². The highest BCUT2D eigenvalue weighted by Gasteiger charge is 2.14. The molecule has 2 N–H and O–H groups in total. The van der Waals surface area contributed by atoms with Crippen molar-refractivity contribution in [1.29, 1.82) is 0 Å². The zero-order chi connectivity index (χ0) is 15.1. The smallest absolute Gasteiger partial charge is 0.142 e. The van der Waals surface area contributed by atoms with Gasteiger partial charge in [-0.1, -0.05) is 13.0 Å². The van der Waals surface area contributed by atoms with Crippen LogP contribution >= 0.6 is 0 Å². The molecule has 1 atom stereocenters. The van der Waals surface area contributed by atoms with Crippen molar-refractivity contribution in [1.82, 2.24) is 10.6 Å². The van der Waals surface area contributed by atoms with Gasteiger partial charge in [-0.05, 0) is 44.0 Å². The monoisotopic (exact) mass is 291 g/mol. The van der Waals surface area contributed by atoms with E-state index in [0.29, 0.717) is 6.04 Å². The highest BCUT2D eigenvalue weighted by molar-refractivity contribution is 5.60. The van der Waals surface area contributed by atoms with E-state index in [1.54, 1.807) is 7.11 Å². The molecular formula is C17H29N3O. The van der Waals surface area contributed by atoms with E-state index in [9.17, 15) is 0 Å². The fourth-order valence-electron chi connectivity index (χ4n) is 2.62. The Morgan fingerprint density at radius 1 is 1.33 bits per heavy atom. The summed E-state index contributed by atoms with van der Waals surface area (Å²) in [4.78, 5) is 2.42. The summed E-state index contributed by atoms with van der Waals surface area (Å²) in [6.07, 6.45) is 2.33. The van der Waals surface area contributed by atoms with Gasteiger partial charge in [-0.15, -0.1) is 0 Å². The number of benzene rings is 1. The van der Waals surface area contributed by atoms with Gasteiger partial charge in [-0.2, -0.15) is 0 Å². The van der Waals surface area contributed by atoms with Crippen LogP contribution in [-0.2, 0) is 6.54 Å². The highest BCUT2D eigenvalue weighted by atomic mass is 16.5. The number of methoxy groups -OCH3 is 1. The third kappa shape index (κ3) is 4.61. The molecule has 1 aliphatic rings.